The third-order valence-electron chi connectivity index (χ3n) is 3.08. The van der Waals surface area contributed by atoms with Crippen molar-refractivity contribution in [2.45, 2.75) is 26.1 Å². The second-order valence-corrected chi connectivity index (χ2v) is 5.14. The molecular formula is C15H19NO5. The van der Waals surface area contributed by atoms with Gasteiger partial charge in [-0.05, 0) is 32.0 Å². The van der Waals surface area contributed by atoms with Crippen molar-refractivity contribution in [1.82, 2.24) is 4.90 Å². The molecule has 6 heteroatoms. The summed E-state index contributed by atoms with van der Waals surface area (Å²) in [4.78, 5) is 24.9. The molecule has 114 valence electrons. The third kappa shape index (κ3) is 3.95. The van der Waals surface area contributed by atoms with Crippen molar-refractivity contribution in [3.05, 3.63) is 29.8 Å². The predicted octanol–water partition coefficient (Wildman–Crippen LogP) is 1.40. The average Bonchev–Trinajstić information content (AvgIpc) is 2.46. The van der Waals surface area contributed by atoms with Gasteiger partial charge in [0.15, 0.2) is 6.10 Å². The molecule has 1 aliphatic heterocycles. The van der Waals surface area contributed by atoms with Gasteiger partial charge in [-0.25, -0.2) is 4.79 Å². The van der Waals surface area contributed by atoms with Gasteiger partial charge in [0.1, 0.15) is 5.75 Å². The third-order valence-corrected chi connectivity index (χ3v) is 3.08. The SMILES string of the molecule is CC(C)Oc1cccc(C(=O)N2CCOC(C(=O)O)C2)c1. The van der Waals surface area contributed by atoms with Crippen LogP contribution in [0.5, 0.6) is 5.75 Å². The van der Waals surface area contributed by atoms with Gasteiger partial charge in [0, 0.05) is 12.1 Å². The Hall–Kier alpha value is -2.08. The van der Waals surface area contributed by atoms with Crippen molar-refractivity contribution in [3.63, 3.8) is 0 Å². The number of morpholine rings is 1. The Labute approximate surface area is 123 Å². The topological polar surface area (TPSA) is 76.1 Å². The summed E-state index contributed by atoms with van der Waals surface area (Å²) in [7, 11) is 0. The molecule has 1 fully saturated rings. The number of amides is 1. The van der Waals surface area contributed by atoms with E-state index in [1.807, 2.05) is 13.8 Å². The van der Waals surface area contributed by atoms with Crippen LogP contribution in [-0.2, 0) is 9.53 Å². The van der Waals surface area contributed by atoms with Crippen molar-refractivity contribution >= 4 is 11.9 Å². The van der Waals surface area contributed by atoms with E-state index < -0.39 is 12.1 Å². The van der Waals surface area contributed by atoms with Crippen LogP contribution in [0.3, 0.4) is 0 Å². The summed E-state index contributed by atoms with van der Waals surface area (Å²) in [5.74, 6) is -0.637. The van der Waals surface area contributed by atoms with Crippen LogP contribution >= 0.6 is 0 Å². The summed E-state index contributed by atoms with van der Waals surface area (Å²) in [5.41, 5.74) is 0.485. The van der Waals surface area contributed by atoms with Crippen LogP contribution in [0.1, 0.15) is 24.2 Å². The number of aliphatic carboxylic acids is 1. The number of carbonyl (C=O) groups is 2. The molecule has 0 aromatic heterocycles. The van der Waals surface area contributed by atoms with Gasteiger partial charge in [0.25, 0.3) is 5.91 Å². The molecule has 1 aromatic carbocycles. The minimum absolute atomic E-state index is 0.0233. The fourth-order valence-electron chi connectivity index (χ4n) is 2.14. The molecule has 21 heavy (non-hydrogen) atoms. The van der Waals surface area contributed by atoms with Gasteiger partial charge in [0.05, 0.1) is 19.3 Å². The molecule has 0 spiro atoms. The smallest absolute Gasteiger partial charge is 0.334 e. The van der Waals surface area contributed by atoms with Crippen LogP contribution in [0.2, 0.25) is 0 Å². The predicted molar refractivity (Wildman–Crippen MR) is 75.5 cm³/mol. The number of rotatable bonds is 4. The maximum atomic E-state index is 12.4. The zero-order valence-electron chi connectivity index (χ0n) is 12.1. The monoisotopic (exact) mass is 293 g/mol. The van der Waals surface area contributed by atoms with Gasteiger partial charge in [0.2, 0.25) is 0 Å². The molecule has 6 nitrogen and oxygen atoms in total. The lowest BCUT2D eigenvalue weighted by Crippen LogP contribution is -2.48. The van der Waals surface area contributed by atoms with Gasteiger partial charge >= 0.3 is 5.97 Å². The number of nitrogens with zero attached hydrogens (tertiary/aromatic N) is 1. The largest absolute Gasteiger partial charge is 0.491 e. The molecule has 1 aliphatic rings. The number of hydrogen-bond acceptors (Lipinski definition) is 4. The number of carboxylic acids is 1. The lowest BCUT2D eigenvalue weighted by atomic mass is 10.1. The molecule has 0 aliphatic carbocycles. The molecule has 1 saturated heterocycles. The molecule has 0 bridgehead atoms. The van der Waals surface area contributed by atoms with E-state index in [1.165, 1.54) is 4.90 Å². The van der Waals surface area contributed by atoms with E-state index in [-0.39, 0.29) is 25.2 Å². The highest BCUT2D eigenvalue weighted by atomic mass is 16.5. The Balaban J connectivity index is 2.10. The molecule has 1 aromatic rings. The van der Waals surface area contributed by atoms with Gasteiger partial charge < -0.3 is 19.5 Å². The van der Waals surface area contributed by atoms with Gasteiger partial charge in [-0.3, -0.25) is 4.79 Å². The van der Waals surface area contributed by atoms with Crippen LogP contribution in [0.4, 0.5) is 0 Å². The number of ether oxygens (including phenoxy) is 2. The van der Waals surface area contributed by atoms with E-state index in [1.54, 1.807) is 24.3 Å². The summed E-state index contributed by atoms with van der Waals surface area (Å²) in [6, 6.07) is 6.91. The first-order valence-corrected chi connectivity index (χ1v) is 6.88. The lowest BCUT2D eigenvalue weighted by Gasteiger charge is -2.31. The Bertz CT molecular complexity index is 529. The summed E-state index contributed by atoms with van der Waals surface area (Å²) in [6.07, 6.45) is -0.937. The van der Waals surface area contributed by atoms with Crippen LogP contribution < -0.4 is 4.74 Å². The van der Waals surface area contributed by atoms with E-state index in [9.17, 15) is 9.59 Å². The summed E-state index contributed by atoms with van der Waals surface area (Å²) < 4.78 is 10.7. The van der Waals surface area contributed by atoms with Crippen molar-refractivity contribution in [2.75, 3.05) is 19.7 Å². The molecule has 0 radical (unpaired) electrons. The van der Waals surface area contributed by atoms with Crippen LogP contribution in [0, 0.1) is 0 Å². The Morgan fingerprint density at radius 3 is 2.86 bits per heavy atom. The summed E-state index contributed by atoms with van der Waals surface area (Å²) in [5, 5.41) is 8.97. The van der Waals surface area contributed by atoms with E-state index in [0.717, 1.165) is 0 Å². The van der Waals surface area contributed by atoms with Crippen LogP contribution in [0.15, 0.2) is 24.3 Å². The Morgan fingerprint density at radius 1 is 1.43 bits per heavy atom. The van der Waals surface area contributed by atoms with Crippen molar-refractivity contribution in [2.24, 2.45) is 0 Å². The highest BCUT2D eigenvalue weighted by Gasteiger charge is 2.29. The van der Waals surface area contributed by atoms with Crippen molar-refractivity contribution < 1.29 is 24.2 Å². The zero-order valence-corrected chi connectivity index (χ0v) is 12.1. The molecule has 1 heterocycles. The van der Waals surface area contributed by atoms with E-state index in [2.05, 4.69) is 0 Å². The highest BCUT2D eigenvalue weighted by molar-refractivity contribution is 5.95. The van der Waals surface area contributed by atoms with E-state index in [4.69, 9.17) is 14.6 Å². The summed E-state index contributed by atoms with van der Waals surface area (Å²) >= 11 is 0. The van der Waals surface area contributed by atoms with E-state index >= 15 is 0 Å². The standard InChI is InChI=1S/C15H19NO5/c1-10(2)21-12-5-3-4-11(8-12)14(17)16-6-7-20-13(9-16)15(18)19/h3-5,8,10,13H,6-7,9H2,1-2H3,(H,18,19). The first-order valence-electron chi connectivity index (χ1n) is 6.88. The molecule has 1 unspecified atom stereocenters. The quantitative estimate of drug-likeness (QED) is 0.908. The molecule has 0 saturated carbocycles. The van der Waals surface area contributed by atoms with Gasteiger partial charge in [-0.15, -0.1) is 0 Å². The maximum Gasteiger partial charge on any atom is 0.334 e. The van der Waals surface area contributed by atoms with Crippen molar-refractivity contribution in [3.8, 4) is 5.75 Å². The Kier molecular flexibility index (Phi) is 4.80. The molecule has 1 atom stereocenters. The van der Waals surface area contributed by atoms with Gasteiger partial charge in [-0.2, -0.15) is 0 Å². The first kappa shape index (κ1) is 15.3. The van der Waals surface area contributed by atoms with Crippen molar-refractivity contribution in [1.29, 1.82) is 0 Å². The number of benzene rings is 1. The minimum Gasteiger partial charge on any atom is -0.491 e. The average molecular weight is 293 g/mol. The van der Waals surface area contributed by atoms with Crippen LogP contribution in [-0.4, -0.2) is 53.8 Å². The fourth-order valence-corrected chi connectivity index (χ4v) is 2.14. The van der Waals surface area contributed by atoms with E-state index in [0.29, 0.717) is 17.9 Å². The number of carbonyl (C=O) groups excluding carboxylic acids is 1. The minimum atomic E-state index is -1.05. The maximum absolute atomic E-state index is 12.4. The second kappa shape index (κ2) is 6.58. The number of carboxylic acid groups (broad SMARTS) is 1. The normalized spacial score (nSPS) is 18.6. The molecular weight excluding hydrogens is 274 g/mol. The van der Waals surface area contributed by atoms with Gasteiger partial charge in [-0.1, -0.05) is 6.07 Å². The lowest BCUT2D eigenvalue weighted by molar-refractivity contribution is -0.154. The highest BCUT2D eigenvalue weighted by Crippen LogP contribution is 2.17. The van der Waals surface area contributed by atoms with Crippen LogP contribution in [0.25, 0.3) is 0 Å². The number of hydrogen-bond donors (Lipinski definition) is 1. The molecule has 2 rings (SSSR count). The second-order valence-electron chi connectivity index (χ2n) is 5.14. The molecule has 1 N–H and O–H groups in total. The Morgan fingerprint density at radius 2 is 2.19 bits per heavy atom. The zero-order chi connectivity index (χ0) is 15.4. The molecule has 1 amide bonds. The fraction of sp³-hybridized carbons (Fsp3) is 0.467. The first-order chi connectivity index (χ1) is 9.97. The summed E-state index contributed by atoms with van der Waals surface area (Å²) in [6.45, 7) is 4.49.